The summed E-state index contributed by atoms with van der Waals surface area (Å²) in [4.78, 5) is 2.38. The number of phenolic OH excluding ortho intramolecular Hbond substituents is 1. The van der Waals surface area contributed by atoms with Crippen molar-refractivity contribution in [2.24, 2.45) is 0 Å². The number of hydrogen-bond acceptors (Lipinski definition) is 2. The minimum atomic E-state index is 0. The molecule has 2 aromatic rings. The molecule has 1 N–H and O–H groups in total. The van der Waals surface area contributed by atoms with Crippen molar-refractivity contribution in [1.82, 2.24) is 4.90 Å². The van der Waals surface area contributed by atoms with Crippen molar-refractivity contribution < 1.29 is 5.11 Å². The van der Waals surface area contributed by atoms with Crippen LogP contribution in [-0.4, -0.2) is 30.1 Å². The number of hydrogen-bond donors (Lipinski definition) is 1. The van der Waals surface area contributed by atoms with Crippen molar-refractivity contribution in [2.75, 3.05) is 20.1 Å². The lowest BCUT2D eigenvalue weighted by atomic mass is 9.88. The molecule has 1 atom stereocenters. The molecule has 0 bridgehead atoms. The molecule has 0 aliphatic carbocycles. The maximum absolute atomic E-state index is 10.1. The van der Waals surface area contributed by atoms with E-state index in [0.717, 1.165) is 23.1 Å². The largest absolute Gasteiger partial charge is 0.507 e. The molecule has 0 radical (unpaired) electrons. The third-order valence-electron chi connectivity index (χ3n) is 4.04. The van der Waals surface area contributed by atoms with E-state index in [0.29, 0.717) is 11.7 Å². The Morgan fingerprint density at radius 2 is 1.90 bits per heavy atom. The molecule has 2 aromatic carbocycles. The summed E-state index contributed by atoms with van der Waals surface area (Å²) in [5.74, 6) is 0.733. The highest BCUT2D eigenvalue weighted by atomic mass is 127. The minimum absolute atomic E-state index is 0. The first-order valence-corrected chi connectivity index (χ1v) is 7.98. The van der Waals surface area contributed by atoms with E-state index in [4.69, 9.17) is 0 Å². The Balaban J connectivity index is 0.00000161. The monoisotopic (exact) mass is 415 g/mol. The van der Waals surface area contributed by atoms with Crippen molar-refractivity contribution in [3.63, 3.8) is 0 Å². The summed E-state index contributed by atoms with van der Waals surface area (Å²) in [5, 5.41) is 10.1. The third kappa shape index (κ3) is 3.52. The highest BCUT2D eigenvalue weighted by Gasteiger charge is 2.24. The van der Waals surface area contributed by atoms with Crippen LogP contribution in [0.1, 0.15) is 22.6 Å². The van der Waals surface area contributed by atoms with E-state index in [1.165, 1.54) is 16.7 Å². The van der Waals surface area contributed by atoms with Crippen LogP contribution in [0.15, 0.2) is 42.5 Å². The molecule has 0 fully saturated rings. The normalized spacial score (nSPS) is 18.5. The average Bonchev–Trinajstić information content (AvgIpc) is 2.61. The van der Waals surface area contributed by atoms with Crippen LogP contribution < -0.4 is 0 Å². The molecule has 1 heterocycles. The van der Waals surface area contributed by atoms with Gasteiger partial charge in [-0.25, -0.2) is 0 Å². The minimum Gasteiger partial charge on any atom is -0.507 e. The molecule has 4 heteroatoms. The van der Waals surface area contributed by atoms with E-state index in [-0.39, 0.29) is 12.4 Å². The summed E-state index contributed by atoms with van der Waals surface area (Å²) < 4.78 is 0.942. The number of likely N-dealkylation sites (N-methyl/N-ethyl adjacent to an activating group) is 1. The molecule has 0 aromatic heterocycles. The van der Waals surface area contributed by atoms with Gasteiger partial charge in [0.1, 0.15) is 5.75 Å². The van der Waals surface area contributed by atoms with E-state index in [1.54, 1.807) is 0 Å². The number of fused-ring (bicyclic) bond motifs is 1. The topological polar surface area (TPSA) is 23.5 Å². The van der Waals surface area contributed by atoms with Crippen LogP contribution >= 0.6 is 35.0 Å². The molecular formula is C17H19ClINO. The lowest BCUT2D eigenvalue weighted by molar-refractivity contribution is 0.338. The highest BCUT2D eigenvalue weighted by Crippen LogP contribution is 2.35. The van der Waals surface area contributed by atoms with E-state index in [9.17, 15) is 5.11 Å². The predicted molar refractivity (Wildman–Crippen MR) is 97.6 cm³/mol. The molecule has 0 unspecified atom stereocenters. The molecule has 3 rings (SSSR count). The fourth-order valence-electron chi connectivity index (χ4n) is 2.94. The highest BCUT2D eigenvalue weighted by molar-refractivity contribution is 14.1. The van der Waals surface area contributed by atoms with Gasteiger partial charge < -0.3 is 10.0 Å². The first kappa shape index (κ1) is 16.6. The Bertz CT molecular complexity index is 618. The maximum atomic E-state index is 10.1. The van der Waals surface area contributed by atoms with Gasteiger partial charge in [0.15, 0.2) is 0 Å². The second-order valence-electron chi connectivity index (χ2n) is 5.48. The van der Waals surface area contributed by atoms with E-state index in [1.807, 2.05) is 6.07 Å². The van der Waals surface area contributed by atoms with Crippen LogP contribution in [0.25, 0.3) is 0 Å². The fraction of sp³-hybridized carbons (Fsp3) is 0.294. The Morgan fingerprint density at radius 1 is 1.19 bits per heavy atom. The van der Waals surface area contributed by atoms with E-state index in [2.05, 4.69) is 70.9 Å². The molecule has 0 saturated heterocycles. The van der Waals surface area contributed by atoms with Crippen molar-refractivity contribution >= 4 is 35.0 Å². The fourth-order valence-corrected chi connectivity index (χ4v) is 3.47. The average molecular weight is 416 g/mol. The van der Waals surface area contributed by atoms with Crippen LogP contribution in [0.3, 0.4) is 0 Å². The predicted octanol–water partition coefficient (Wildman–Crippen LogP) is 4.04. The summed E-state index contributed by atoms with van der Waals surface area (Å²) >= 11 is 2.21. The molecular weight excluding hydrogens is 397 g/mol. The Hall–Kier alpha value is -0.780. The van der Waals surface area contributed by atoms with Gasteiger partial charge in [-0.15, -0.1) is 12.4 Å². The van der Waals surface area contributed by atoms with Crippen LogP contribution in [0, 0.1) is 3.57 Å². The van der Waals surface area contributed by atoms with Crippen LogP contribution in [0.4, 0.5) is 0 Å². The van der Waals surface area contributed by atoms with Crippen LogP contribution in [0.5, 0.6) is 5.75 Å². The quantitative estimate of drug-likeness (QED) is 0.711. The van der Waals surface area contributed by atoms with E-state index >= 15 is 0 Å². The van der Waals surface area contributed by atoms with Gasteiger partial charge in [-0.05, 0) is 64.9 Å². The molecule has 1 aliphatic heterocycles. The second-order valence-corrected chi connectivity index (χ2v) is 6.64. The lowest BCUT2D eigenvalue weighted by Gasteiger charge is -2.22. The van der Waals surface area contributed by atoms with Gasteiger partial charge in [0.25, 0.3) is 0 Å². The van der Waals surface area contributed by atoms with Gasteiger partial charge in [-0.2, -0.15) is 0 Å². The van der Waals surface area contributed by atoms with Gasteiger partial charge in [0.2, 0.25) is 0 Å². The molecule has 0 amide bonds. The van der Waals surface area contributed by atoms with Gasteiger partial charge >= 0.3 is 0 Å². The SMILES string of the molecule is CN1CCc2cc(I)c(O)cc2[C@H](c2ccccc2)C1.Cl. The Kier molecular flexibility index (Phi) is 5.52. The zero-order chi connectivity index (χ0) is 14.1. The van der Waals surface area contributed by atoms with Crippen molar-refractivity contribution in [3.8, 4) is 5.75 Å². The number of phenols is 1. The van der Waals surface area contributed by atoms with Crippen LogP contribution in [-0.2, 0) is 6.42 Å². The Morgan fingerprint density at radius 3 is 2.62 bits per heavy atom. The smallest absolute Gasteiger partial charge is 0.129 e. The maximum Gasteiger partial charge on any atom is 0.129 e. The van der Waals surface area contributed by atoms with Crippen LogP contribution in [0.2, 0.25) is 0 Å². The molecule has 0 saturated carbocycles. The summed E-state index contributed by atoms with van der Waals surface area (Å²) in [6.07, 6.45) is 1.05. The number of rotatable bonds is 1. The van der Waals surface area contributed by atoms with Gasteiger partial charge in [0.05, 0.1) is 3.57 Å². The molecule has 0 spiro atoms. The zero-order valence-electron chi connectivity index (χ0n) is 11.9. The summed E-state index contributed by atoms with van der Waals surface area (Å²) in [6, 6.07) is 14.7. The number of halogens is 2. The summed E-state index contributed by atoms with van der Waals surface area (Å²) in [6.45, 7) is 2.06. The van der Waals surface area contributed by atoms with Crippen molar-refractivity contribution in [3.05, 3.63) is 62.7 Å². The second kappa shape index (κ2) is 6.99. The third-order valence-corrected chi connectivity index (χ3v) is 4.91. The molecule has 2 nitrogen and oxygen atoms in total. The van der Waals surface area contributed by atoms with Gasteiger partial charge in [-0.1, -0.05) is 30.3 Å². The number of benzene rings is 2. The van der Waals surface area contributed by atoms with Crippen molar-refractivity contribution in [2.45, 2.75) is 12.3 Å². The lowest BCUT2D eigenvalue weighted by Crippen LogP contribution is -2.24. The van der Waals surface area contributed by atoms with Gasteiger partial charge in [-0.3, -0.25) is 0 Å². The molecule has 1 aliphatic rings. The first-order valence-electron chi connectivity index (χ1n) is 6.90. The standard InChI is InChI=1S/C17H18INO.ClH/c1-19-8-7-13-9-16(18)17(20)10-14(13)15(11-19)12-5-3-2-4-6-12;/h2-6,9-10,15,20H,7-8,11H2,1H3;1H/t15-;/m0./s1. The Labute approximate surface area is 145 Å². The first-order chi connectivity index (χ1) is 9.65. The number of nitrogens with zero attached hydrogens (tertiary/aromatic N) is 1. The molecule has 112 valence electrons. The number of aromatic hydroxyl groups is 1. The van der Waals surface area contributed by atoms with Gasteiger partial charge in [0, 0.05) is 19.0 Å². The van der Waals surface area contributed by atoms with Crippen molar-refractivity contribution in [1.29, 1.82) is 0 Å². The van der Waals surface area contributed by atoms with E-state index < -0.39 is 0 Å². The summed E-state index contributed by atoms with van der Waals surface area (Å²) in [7, 11) is 2.17. The zero-order valence-corrected chi connectivity index (χ0v) is 14.9. The summed E-state index contributed by atoms with van der Waals surface area (Å²) in [5.41, 5.74) is 3.96. The molecule has 21 heavy (non-hydrogen) atoms.